The predicted molar refractivity (Wildman–Crippen MR) is 178 cm³/mol. The number of carbonyl (C=O) groups excluding carboxylic acids is 1. The van der Waals surface area contributed by atoms with Gasteiger partial charge in [0.1, 0.15) is 0 Å². The van der Waals surface area contributed by atoms with Crippen LogP contribution in [0.1, 0.15) is 74.4 Å². The van der Waals surface area contributed by atoms with E-state index in [9.17, 15) is 27.9 Å². The molecule has 0 bridgehead atoms. The lowest BCUT2D eigenvalue weighted by atomic mass is 9.84. The third-order valence-electron chi connectivity index (χ3n) is 10.1. The molecule has 47 heavy (non-hydrogen) atoms. The lowest BCUT2D eigenvalue weighted by molar-refractivity contribution is -0.182. The van der Waals surface area contributed by atoms with Crippen LogP contribution in [0.3, 0.4) is 0 Å². The second kappa shape index (κ2) is 12.1. The van der Waals surface area contributed by atoms with E-state index in [-0.39, 0.29) is 53.7 Å². The number of halogens is 5. The molecular weight excluding hydrogens is 654 g/mol. The van der Waals surface area contributed by atoms with Gasteiger partial charge in [-0.1, -0.05) is 50.0 Å². The highest BCUT2D eigenvalue weighted by molar-refractivity contribution is 6.40. The number of carboxylic acids is 1. The van der Waals surface area contributed by atoms with E-state index >= 15 is 0 Å². The van der Waals surface area contributed by atoms with E-state index in [0.717, 1.165) is 24.2 Å². The normalized spacial score (nSPS) is 22.8. The Labute approximate surface area is 282 Å². The van der Waals surface area contributed by atoms with E-state index in [1.54, 1.807) is 39.0 Å². The molecule has 2 aliphatic carbocycles. The zero-order chi connectivity index (χ0) is 34.2. The monoisotopic (exact) mass is 693 g/mol. The predicted octanol–water partition coefficient (Wildman–Crippen LogP) is 8.26. The first kappa shape index (κ1) is 33.7. The van der Waals surface area contributed by atoms with Gasteiger partial charge in [0.15, 0.2) is 0 Å². The molecule has 2 saturated carbocycles. The summed E-state index contributed by atoms with van der Waals surface area (Å²) in [4.78, 5) is 34.1. The maximum Gasteiger partial charge on any atom is 0.391 e. The number of nitrogens with one attached hydrogen (secondary N) is 1. The number of aromatic carboxylic acids is 1. The number of amides is 1. The van der Waals surface area contributed by atoms with Crippen molar-refractivity contribution in [3.8, 4) is 0 Å². The molecule has 2 aromatic carbocycles. The average molecular weight is 695 g/mol. The molecule has 0 radical (unpaired) electrons. The highest BCUT2D eigenvalue weighted by Crippen LogP contribution is 2.50. The van der Waals surface area contributed by atoms with Gasteiger partial charge in [-0.2, -0.15) is 13.2 Å². The summed E-state index contributed by atoms with van der Waals surface area (Å²) in [5, 5.41) is 13.7. The molecule has 2 heterocycles. The summed E-state index contributed by atoms with van der Waals surface area (Å²) >= 11 is 13.9. The van der Waals surface area contributed by atoms with Crippen molar-refractivity contribution in [3.05, 3.63) is 44.9 Å². The minimum Gasteiger partial charge on any atom is -0.478 e. The van der Waals surface area contributed by atoms with Crippen LogP contribution in [0.4, 0.5) is 30.5 Å². The summed E-state index contributed by atoms with van der Waals surface area (Å²) in [5.74, 6) is -1.05. The molecule has 13 heteroatoms. The summed E-state index contributed by atoms with van der Waals surface area (Å²) in [6.07, 6.45) is -2.81. The number of rotatable bonds is 7. The van der Waals surface area contributed by atoms with E-state index in [1.165, 1.54) is 6.42 Å². The number of benzene rings is 2. The van der Waals surface area contributed by atoms with Crippen LogP contribution < -0.4 is 15.1 Å². The number of hydrogen-bond acceptors (Lipinski definition) is 5. The third-order valence-corrected chi connectivity index (χ3v) is 10.8. The first-order chi connectivity index (χ1) is 22.0. The minimum atomic E-state index is -4.29. The molecule has 6 rings (SSSR count). The van der Waals surface area contributed by atoms with Gasteiger partial charge < -0.3 is 24.8 Å². The molecule has 1 saturated heterocycles. The van der Waals surface area contributed by atoms with Gasteiger partial charge in [-0.15, -0.1) is 0 Å². The molecule has 2 atom stereocenters. The highest BCUT2D eigenvalue weighted by atomic mass is 35.5. The number of alkyl halides is 3. The maximum atomic E-state index is 13.7. The number of nitrogens with zero attached hydrogens (tertiary/aromatic N) is 4. The Morgan fingerprint density at radius 1 is 1.09 bits per heavy atom. The van der Waals surface area contributed by atoms with Crippen LogP contribution in [0.2, 0.25) is 10.0 Å². The van der Waals surface area contributed by atoms with Crippen LogP contribution in [0.25, 0.3) is 11.0 Å². The van der Waals surface area contributed by atoms with Crippen molar-refractivity contribution in [1.82, 2.24) is 14.9 Å². The van der Waals surface area contributed by atoms with E-state index in [2.05, 4.69) is 10.2 Å². The second-order valence-corrected chi connectivity index (χ2v) is 15.2. The number of aromatic nitrogens is 2. The highest BCUT2D eigenvalue weighted by Gasteiger charge is 2.47. The summed E-state index contributed by atoms with van der Waals surface area (Å²) in [6.45, 7) is 9.04. The molecule has 3 fully saturated rings. The fourth-order valence-corrected chi connectivity index (χ4v) is 8.05. The summed E-state index contributed by atoms with van der Waals surface area (Å²) in [6, 6.07) is 4.56. The SMILES string of the molecule is Cc1c(N2C[C@@H]3C[C@H]3C2)c(C(=O)O)cc2nc(N(c3c(Cl)ccc(CNC(=O)C(C)(C)C)c3Cl)C3CCC(C(F)(F)F)CC3)n(C)c12. The van der Waals surface area contributed by atoms with Gasteiger partial charge in [-0.3, -0.25) is 4.79 Å². The molecule has 3 aromatic rings. The minimum absolute atomic E-state index is 0.0607. The molecule has 8 nitrogen and oxygen atoms in total. The molecule has 3 aliphatic rings. The van der Waals surface area contributed by atoms with Gasteiger partial charge in [0, 0.05) is 38.1 Å². The summed E-state index contributed by atoms with van der Waals surface area (Å²) < 4.78 is 43.0. The third kappa shape index (κ3) is 6.25. The summed E-state index contributed by atoms with van der Waals surface area (Å²) in [5.41, 5.74) is 3.17. The number of anilines is 3. The van der Waals surface area contributed by atoms with Crippen molar-refractivity contribution in [2.24, 2.45) is 30.2 Å². The number of fused-ring (bicyclic) bond motifs is 2. The van der Waals surface area contributed by atoms with Gasteiger partial charge in [0.25, 0.3) is 0 Å². The zero-order valence-corrected chi connectivity index (χ0v) is 28.7. The lowest BCUT2D eigenvalue weighted by Crippen LogP contribution is -2.39. The van der Waals surface area contributed by atoms with Crippen LogP contribution in [0.15, 0.2) is 18.2 Å². The number of hydrogen-bond donors (Lipinski definition) is 2. The van der Waals surface area contributed by atoms with Gasteiger partial charge in [-0.25, -0.2) is 9.78 Å². The van der Waals surface area contributed by atoms with Gasteiger partial charge in [0.2, 0.25) is 11.9 Å². The van der Waals surface area contributed by atoms with Crippen LogP contribution in [0.5, 0.6) is 0 Å². The van der Waals surface area contributed by atoms with Crippen LogP contribution in [-0.4, -0.2) is 51.8 Å². The molecule has 1 aliphatic heterocycles. The standard InChI is InChI=1S/C34H40Cl2F3N5O3/c1-17-27(43-15-19-12-20(19)16-43)23(30(45)46)13-25-28(17)42(5)32(41-25)44(22-9-7-21(8-10-22)34(37,38)39)29-24(35)11-6-18(26(29)36)14-40-31(47)33(2,3)4/h6,11,13,19-22H,7-10,12,14-16H2,1-5H3,(H,40,47)(H,45,46)/t19-,20-,21?,22?/m0/s1. The first-order valence-electron chi connectivity index (χ1n) is 16.1. The Kier molecular flexibility index (Phi) is 8.65. The number of carboxylic acid groups (broad SMARTS) is 1. The molecular formula is C34H40Cl2F3N5O3. The van der Waals surface area contributed by atoms with E-state index in [1.807, 2.05) is 23.4 Å². The zero-order valence-electron chi connectivity index (χ0n) is 27.1. The Bertz CT molecular complexity index is 1730. The van der Waals surface area contributed by atoms with Gasteiger partial charge in [-0.05, 0) is 74.1 Å². The molecule has 0 spiro atoms. The Balaban J connectivity index is 1.48. The van der Waals surface area contributed by atoms with Gasteiger partial charge >= 0.3 is 12.1 Å². The number of carbonyl (C=O) groups is 2. The van der Waals surface area contributed by atoms with Gasteiger partial charge in [0.05, 0.1) is 43.9 Å². The van der Waals surface area contributed by atoms with Crippen LogP contribution in [-0.2, 0) is 18.4 Å². The number of imidazole rings is 1. The van der Waals surface area contributed by atoms with Crippen molar-refractivity contribution in [2.45, 2.75) is 78.6 Å². The van der Waals surface area contributed by atoms with Crippen molar-refractivity contribution < 1.29 is 27.9 Å². The second-order valence-electron chi connectivity index (χ2n) is 14.4. The van der Waals surface area contributed by atoms with E-state index in [0.29, 0.717) is 40.2 Å². The van der Waals surface area contributed by atoms with Crippen molar-refractivity contribution >= 4 is 63.4 Å². The van der Waals surface area contributed by atoms with Crippen molar-refractivity contribution in [1.29, 1.82) is 0 Å². The molecule has 0 unspecified atom stereocenters. The van der Waals surface area contributed by atoms with E-state index in [4.69, 9.17) is 28.2 Å². The Hall–Kier alpha value is -3.18. The van der Waals surface area contributed by atoms with Crippen molar-refractivity contribution in [2.75, 3.05) is 22.9 Å². The van der Waals surface area contributed by atoms with Crippen LogP contribution >= 0.6 is 23.2 Å². The largest absolute Gasteiger partial charge is 0.478 e. The lowest BCUT2D eigenvalue weighted by Gasteiger charge is -2.39. The first-order valence-corrected chi connectivity index (χ1v) is 16.8. The molecule has 254 valence electrons. The topological polar surface area (TPSA) is 90.7 Å². The smallest absolute Gasteiger partial charge is 0.391 e. The summed E-state index contributed by atoms with van der Waals surface area (Å²) in [7, 11) is 1.83. The molecule has 2 N–H and O–H groups in total. The van der Waals surface area contributed by atoms with Crippen molar-refractivity contribution in [3.63, 3.8) is 0 Å². The maximum absolute atomic E-state index is 13.7. The number of aryl methyl sites for hydroxylation is 2. The molecule has 1 amide bonds. The number of piperidine rings is 1. The quantitative estimate of drug-likeness (QED) is 0.259. The Morgan fingerprint density at radius 2 is 1.72 bits per heavy atom. The fourth-order valence-electron chi connectivity index (χ4n) is 7.43. The van der Waals surface area contributed by atoms with Crippen LogP contribution in [0, 0.1) is 30.1 Å². The Morgan fingerprint density at radius 3 is 2.30 bits per heavy atom. The fraction of sp³-hybridized carbons (Fsp3) is 0.559. The van der Waals surface area contributed by atoms with E-state index < -0.39 is 29.5 Å². The molecule has 1 aromatic heterocycles. The average Bonchev–Trinajstić information content (AvgIpc) is 3.45.